The van der Waals surface area contributed by atoms with Crippen molar-refractivity contribution in [1.82, 2.24) is 15.0 Å². The SMILES string of the molecule is CCCCCCCCn1nc2c(Br)c(F)c(F)c(-c3cc(CCCCCC)c(Br)s3)c2n1. The van der Waals surface area contributed by atoms with E-state index >= 15 is 4.39 Å². The van der Waals surface area contributed by atoms with Crippen molar-refractivity contribution in [3.8, 4) is 10.4 Å². The van der Waals surface area contributed by atoms with Crippen LogP contribution in [0.4, 0.5) is 8.78 Å². The van der Waals surface area contributed by atoms with E-state index in [0.717, 1.165) is 35.0 Å². The van der Waals surface area contributed by atoms with Crippen molar-refractivity contribution < 1.29 is 8.78 Å². The quantitative estimate of drug-likeness (QED) is 0.147. The Labute approximate surface area is 210 Å². The second kappa shape index (κ2) is 12.6. The molecule has 0 N–H and O–H groups in total. The Balaban J connectivity index is 1.86. The number of nitrogens with zero attached hydrogens (tertiary/aromatic N) is 3. The van der Waals surface area contributed by atoms with Gasteiger partial charge >= 0.3 is 0 Å². The second-order valence-electron chi connectivity index (χ2n) is 8.30. The molecule has 3 aromatic rings. The summed E-state index contributed by atoms with van der Waals surface area (Å²) in [5.74, 6) is -1.78. The van der Waals surface area contributed by atoms with Crippen LogP contribution in [0, 0.1) is 11.6 Å². The van der Waals surface area contributed by atoms with Gasteiger partial charge in [-0.15, -0.1) is 11.3 Å². The maximum Gasteiger partial charge on any atom is 0.176 e. The molecule has 0 saturated heterocycles. The molecule has 3 rings (SSSR count). The van der Waals surface area contributed by atoms with Gasteiger partial charge in [-0.05, 0) is 62.8 Å². The van der Waals surface area contributed by atoms with Gasteiger partial charge in [0, 0.05) is 4.88 Å². The lowest BCUT2D eigenvalue weighted by Crippen LogP contribution is -2.02. The lowest BCUT2D eigenvalue weighted by molar-refractivity contribution is 0.488. The van der Waals surface area contributed by atoms with E-state index in [9.17, 15) is 4.39 Å². The zero-order valence-electron chi connectivity index (χ0n) is 18.8. The Morgan fingerprint density at radius 2 is 1.47 bits per heavy atom. The third-order valence-corrected chi connectivity index (χ3v) is 8.42. The highest BCUT2D eigenvalue weighted by molar-refractivity contribution is 9.11. The minimum Gasteiger partial charge on any atom is -0.203 e. The lowest BCUT2D eigenvalue weighted by atomic mass is 10.1. The maximum atomic E-state index is 15.1. The Hall–Kier alpha value is -0.860. The average Bonchev–Trinajstić information content (AvgIpc) is 3.36. The van der Waals surface area contributed by atoms with Crippen LogP contribution in [-0.4, -0.2) is 15.0 Å². The van der Waals surface area contributed by atoms with E-state index in [1.807, 2.05) is 6.07 Å². The predicted molar refractivity (Wildman–Crippen MR) is 137 cm³/mol. The number of unbranched alkanes of at least 4 members (excludes halogenated alkanes) is 8. The van der Waals surface area contributed by atoms with E-state index in [1.54, 1.807) is 4.80 Å². The number of aryl methyl sites for hydroxylation is 2. The third-order valence-electron chi connectivity index (χ3n) is 5.72. The third kappa shape index (κ3) is 6.17. The molecule has 0 spiro atoms. The fraction of sp³-hybridized carbons (Fsp3) is 0.583. The standard InChI is InChI=1S/C24H31Br2F2N3S/c1-3-5-7-9-10-12-14-31-29-22-18(20(27)21(28)19(25)23(22)30-31)17-15-16(24(26)32-17)13-11-8-6-4-2/h15H,3-14H2,1-2H3. The van der Waals surface area contributed by atoms with Crippen molar-refractivity contribution in [3.05, 3.63) is 31.5 Å². The fourth-order valence-corrected chi connectivity index (χ4v) is 6.13. The number of halogens is 4. The van der Waals surface area contributed by atoms with Crippen LogP contribution in [0.5, 0.6) is 0 Å². The molecule has 0 aliphatic heterocycles. The van der Waals surface area contributed by atoms with E-state index in [-0.39, 0.29) is 10.0 Å². The first-order valence-electron chi connectivity index (χ1n) is 11.7. The van der Waals surface area contributed by atoms with E-state index < -0.39 is 11.6 Å². The molecule has 0 amide bonds. The maximum absolute atomic E-state index is 15.1. The van der Waals surface area contributed by atoms with Gasteiger partial charge in [0.25, 0.3) is 0 Å². The molecule has 1 aromatic carbocycles. The Kier molecular flexibility index (Phi) is 10.1. The van der Waals surface area contributed by atoms with Crippen molar-refractivity contribution in [3.63, 3.8) is 0 Å². The van der Waals surface area contributed by atoms with Gasteiger partial charge in [0.15, 0.2) is 11.6 Å². The summed E-state index contributed by atoms with van der Waals surface area (Å²) in [6.45, 7) is 5.04. The van der Waals surface area contributed by atoms with Crippen LogP contribution in [0.25, 0.3) is 21.5 Å². The van der Waals surface area contributed by atoms with Crippen molar-refractivity contribution in [2.75, 3.05) is 0 Å². The molecule has 0 saturated carbocycles. The number of benzene rings is 1. The number of hydrogen-bond acceptors (Lipinski definition) is 3. The van der Waals surface area contributed by atoms with Gasteiger partial charge in [-0.1, -0.05) is 65.2 Å². The van der Waals surface area contributed by atoms with E-state index in [2.05, 4.69) is 55.9 Å². The average molecular weight is 591 g/mol. The molecule has 3 nitrogen and oxygen atoms in total. The van der Waals surface area contributed by atoms with Gasteiger partial charge < -0.3 is 0 Å². The van der Waals surface area contributed by atoms with Crippen LogP contribution in [-0.2, 0) is 13.0 Å². The first-order valence-corrected chi connectivity index (χ1v) is 14.1. The molecule has 176 valence electrons. The molecule has 0 aliphatic rings. The lowest BCUT2D eigenvalue weighted by Gasteiger charge is -2.04. The van der Waals surface area contributed by atoms with Gasteiger partial charge in [-0.25, -0.2) is 8.78 Å². The van der Waals surface area contributed by atoms with Crippen molar-refractivity contribution in [2.24, 2.45) is 0 Å². The van der Waals surface area contributed by atoms with Crippen LogP contribution >= 0.6 is 43.2 Å². The smallest absolute Gasteiger partial charge is 0.176 e. The number of thiophene rings is 1. The Morgan fingerprint density at radius 3 is 2.19 bits per heavy atom. The molecule has 0 aliphatic carbocycles. The van der Waals surface area contributed by atoms with Gasteiger partial charge in [0.1, 0.15) is 11.0 Å². The monoisotopic (exact) mass is 589 g/mol. The van der Waals surface area contributed by atoms with E-state index in [1.165, 1.54) is 56.3 Å². The molecule has 8 heteroatoms. The molecule has 0 unspecified atom stereocenters. The molecule has 32 heavy (non-hydrogen) atoms. The normalized spacial score (nSPS) is 11.7. The van der Waals surface area contributed by atoms with Gasteiger partial charge in [0.05, 0.1) is 20.4 Å². The van der Waals surface area contributed by atoms with Crippen LogP contribution in [0.15, 0.2) is 14.3 Å². The zero-order chi connectivity index (χ0) is 23.1. The van der Waals surface area contributed by atoms with Crippen LogP contribution in [0.3, 0.4) is 0 Å². The minimum absolute atomic E-state index is 0.0401. The Morgan fingerprint density at radius 1 is 0.844 bits per heavy atom. The molecule has 0 atom stereocenters. The summed E-state index contributed by atoms with van der Waals surface area (Å²) < 4.78 is 30.9. The number of hydrogen-bond donors (Lipinski definition) is 0. The van der Waals surface area contributed by atoms with Gasteiger partial charge in [0.2, 0.25) is 0 Å². The summed E-state index contributed by atoms with van der Waals surface area (Å²) in [6, 6.07) is 1.97. The Bertz CT molecular complexity index is 1030. The van der Waals surface area contributed by atoms with E-state index in [0.29, 0.717) is 22.5 Å². The molecule has 2 heterocycles. The summed E-state index contributed by atoms with van der Waals surface area (Å²) in [5.41, 5.74) is 2.13. The number of fused-ring (bicyclic) bond motifs is 1. The summed E-state index contributed by atoms with van der Waals surface area (Å²) in [6.07, 6.45) is 12.6. The van der Waals surface area contributed by atoms with Crippen LogP contribution in [0.1, 0.15) is 83.6 Å². The van der Waals surface area contributed by atoms with Crippen molar-refractivity contribution in [2.45, 2.75) is 91.0 Å². The summed E-state index contributed by atoms with van der Waals surface area (Å²) >= 11 is 8.25. The summed E-state index contributed by atoms with van der Waals surface area (Å²) in [7, 11) is 0. The molecule has 0 radical (unpaired) electrons. The molecule has 0 bridgehead atoms. The first-order chi connectivity index (χ1) is 15.5. The van der Waals surface area contributed by atoms with Gasteiger partial charge in [-0.2, -0.15) is 15.0 Å². The topological polar surface area (TPSA) is 30.7 Å². The van der Waals surface area contributed by atoms with Crippen molar-refractivity contribution >= 4 is 54.2 Å². The fourth-order valence-electron chi connectivity index (χ4n) is 3.88. The number of rotatable bonds is 13. The van der Waals surface area contributed by atoms with Crippen molar-refractivity contribution in [1.29, 1.82) is 0 Å². The molecule has 2 aromatic heterocycles. The zero-order valence-corrected chi connectivity index (χ0v) is 22.8. The number of aromatic nitrogens is 3. The largest absolute Gasteiger partial charge is 0.203 e. The molecule has 0 fully saturated rings. The van der Waals surface area contributed by atoms with Crippen LogP contribution < -0.4 is 0 Å². The predicted octanol–water partition coefficient (Wildman–Crippen LogP) is 9.45. The highest BCUT2D eigenvalue weighted by atomic mass is 79.9. The molecular weight excluding hydrogens is 560 g/mol. The van der Waals surface area contributed by atoms with Crippen LogP contribution in [0.2, 0.25) is 0 Å². The second-order valence-corrected chi connectivity index (χ2v) is 11.5. The highest BCUT2D eigenvalue weighted by Crippen LogP contribution is 2.42. The van der Waals surface area contributed by atoms with Gasteiger partial charge in [-0.3, -0.25) is 0 Å². The van der Waals surface area contributed by atoms with E-state index in [4.69, 9.17) is 0 Å². The first kappa shape index (κ1) is 25.8. The summed E-state index contributed by atoms with van der Waals surface area (Å²) in [4.78, 5) is 2.27. The molecular formula is C24H31Br2F2N3S. The summed E-state index contributed by atoms with van der Waals surface area (Å²) in [5, 5.41) is 9.05. The highest BCUT2D eigenvalue weighted by Gasteiger charge is 2.25. The minimum atomic E-state index is -0.909.